The van der Waals surface area contributed by atoms with Crippen molar-refractivity contribution in [3.8, 4) is 11.5 Å². The number of hydrogen-bond acceptors (Lipinski definition) is 3. The summed E-state index contributed by atoms with van der Waals surface area (Å²) in [6, 6.07) is 13.4. The van der Waals surface area contributed by atoms with Gasteiger partial charge >= 0.3 is 0 Å². The lowest BCUT2D eigenvalue weighted by molar-refractivity contribution is 0.0973. The number of fused-ring (bicyclic) bond motifs is 1. The van der Waals surface area contributed by atoms with E-state index in [1.54, 1.807) is 14.2 Å². The van der Waals surface area contributed by atoms with E-state index >= 15 is 0 Å². The van der Waals surface area contributed by atoms with Gasteiger partial charge in [0.2, 0.25) is 0 Å². The third-order valence-corrected chi connectivity index (χ3v) is 3.84. The fourth-order valence-corrected chi connectivity index (χ4v) is 2.71. The number of ether oxygens (including phenoxy) is 2. The van der Waals surface area contributed by atoms with Crippen molar-refractivity contribution in [3.63, 3.8) is 0 Å². The van der Waals surface area contributed by atoms with E-state index in [9.17, 15) is 4.79 Å². The van der Waals surface area contributed by atoms with Crippen molar-refractivity contribution in [2.24, 2.45) is 0 Å². The fraction of sp³-hybridized carbons (Fsp3) is 0.235. The number of benzene rings is 2. The molecule has 0 fully saturated rings. The topological polar surface area (TPSA) is 35.5 Å². The highest BCUT2D eigenvalue weighted by molar-refractivity contribution is 6.05. The maximum atomic E-state index is 12.5. The Kier molecular flexibility index (Phi) is 3.18. The monoisotopic (exact) mass is 268 g/mol. The van der Waals surface area contributed by atoms with Crippen molar-refractivity contribution >= 4 is 5.78 Å². The van der Waals surface area contributed by atoms with Gasteiger partial charge < -0.3 is 9.47 Å². The van der Waals surface area contributed by atoms with Gasteiger partial charge in [-0.1, -0.05) is 12.1 Å². The molecule has 1 atom stereocenters. The van der Waals surface area contributed by atoms with Crippen LogP contribution in [-0.4, -0.2) is 20.0 Å². The van der Waals surface area contributed by atoms with E-state index in [1.165, 1.54) is 0 Å². The van der Waals surface area contributed by atoms with Crippen LogP contribution in [0.25, 0.3) is 0 Å². The number of hydrogen-bond donors (Lipinski definition) is 0. The van der Waals surface area contributed by atoms with E-state index in [1.807, 2.05) is 42.5 Å². The maximum absolute atomic E-state index is 12.5. The summed E-state index contributed by atoms with van der Waals surface area (Å²) >= 11 is 0. The first-order valence-corrected chi connectivity index (χ1v) is 6.58. The molecule has 0 heterocycles. The minimum absolute atomic E-state index is 0.0944. The molecule has 0 aromatic heterocycles. The van der Waals surface area contributed by atoms with Crippen molar-refractivity contribution in [1.29, 1.82) is 0 Å². The fourth-order valence-electron chi connectivity index (χ4n) is 2.71. The highest BCUT2D eigenvalue weighted by Crippen LogP contribution is 2.36. The van der Waals surface area contributed by atoms with Crippen molar-refractivity contribution in [2.45, 2.75) is 12.3 Å². The smallest absolute Gasteiger partial charge is 0.170 e. The molecule has 0 saturated heterocycles. The molecule has 0 radical (unpaired) electrons. The summed E-state index contributed by atoms with van der Waals surface area (Å²) in [5, 5.41) is 0. The second-order valence-electron chi connectivity index (χ2n) is 4.92. The van der Waals surface area contributed by atoms with Crippen LogP contribution in [0.4, 0.5) is 0 Å². The average molecular weight is 268 g/mol. The number of rotatable bonds is 3. The quantitative estimate of drug-likeness (QED) is 0.857. The Balaban J connectivity index is 1.92. The predicted molar refractivity (Wildman–Crippen MR) is 76.8 cm³/mol. The molecule has 0 spiro atoms. The van der Waals surface area contributed by atoms with E-state index in [4.69, 9.17) is 9.47 Å². The Labute approximate surface area is 118 Å². The van der Waals surface area contributed by atoms with Gasteiger partial charge in [0.05, 0.1) is 20.1 Å². The third kappa shape index (κ3) is 2.05. The Morgan fingerprint density at radius 2 is 1.60 bits per heavy atom. The average Bonchev–Trinajstić information content (AvgIpc) is 2.84. The van der Waals surface area contributed by atoms with E-state index in [0.29, 0.717) is 0 Å². The zero-order valence-electron chi connectivity index (χ0n) is 11.6. The Hall–Kier alpha value is -2.29. The molecular formula is C17H16O3. The molecule has 0 unspecified atom stereocenters. The Morgan fingerprint density at radius 3 is 2.25 bits per heavy atom. The largest absolute Gasteiger partial charge is 0.497 e. The first-order valence-electron chi connectivity index (χ1n) is 6.58. The Bertz CT molecular complexity index is 644. The van der Waals surface area contributed by atoms with Gasteiger partial charge in [-0.3, -0.25) is 4.79 Å². The summed E-state index contributed by atoms with van der Waals surface area (Å²) in [7, 11) is 3.28. The lowest BCUT2D eigenvalue weighted by Gasteiger charge is -2.09. The van der Waals surface area contributed by atoms with E-state index in [2.05, 4.69) is 0 Å². The number of methoxy groups -OCH3 is 2. The number of carbonyl (C=O) groups excluding carboxylic acids is 1. The number of carbonyl (C=O) groups is 1. The van der Waals surface area contributed by atoms with Crippen molar-refractivity contribution < 1.29 is 14.3 Å². The van der Waals surface area contributed by atoms with E-state index < -0.39 is 0 Å². The van der Waals surface area contributed by atoms with E-state index in [-0.39, 0.29) is 11.7 Å². The highest BCUT2D eigenvalue weighted by Gasteiger charge is 2.31. The second kappa shape index (κ2) is 5.00. The number of Topliss-reactive ketones (excluding diaryl/α,β-unsaturated/α-hetero) is 1. The van der Waals surface area contributed by atoms with Crippen LogP contribution in [0.15, 0.2) is 42.5 Å². The molecule has 3 rings (SSSR count). The number of ketones is 1. The minimum atomic E-state index is -0.0944. The van der Waals surface area contributed by atoms with Crippen molar-refractivity contribution in [1.82, 2.24) is 0 Å². The summed E-state index contributed by atoms with van der Waals surface area (Å²) in [6.45, 7) is 0. The predicted octanol–water partition coefficient (Wildman–Crippen LogP) is 3.23. The molecule has 0 aliphatic heterocycles. The van der Waals surface area contributed by atoms with Crippen LogP contribution < -0.4 is 9.47 Å². The lowest BCUT2D eigenvalue weighted by atomic mass is 9.95. The molecule has 0 N–H and O–H groups in total. The molecule has 2 aromatic rings. The van der Waals surface area contributed by atoms with E-state index in [0.717, 1.165) is 34.6 Å². The van der Waals surface area contributed by atoms with Gasteiger partial charge in [0.25, 0.3) is 0 Å². The first kappa shape index (κ1) is 12.7. The summed E-state index contributed by atoms with van der Waals surface area (Å²) in [6.07, 6.45) is 0.734. The zero-order chi connectivity index (χ0) is 14.1. The lowest BCUT2D eigenvalue weighted by Crippen LogP contribution is -2.06. The molecular weight excluding hydrogens is 252 g/mol. The van der Waals surface area contributed by atoms with Crippen molar-refractivity contribution in [2.75, 3.05) is 14.2 Å². The summed E-state index contributed by atoms with van der Waals surface area (Å²) < 4.78 is 10.4. The van der Waals surface area contributed by atoms with Crippen LogP contribution in [0.3, 0.4) is 0 Å². The highest BCUT2D eigenvalue weighted by atomic mass is 16.5. The van der Waals surface area contributed by atoms with Crippen LogP contribution in [0.2, 0.25) is 0 Å². The summed E-state index contributed by atoms with van der Waals surface area (Å²) in [5.74, 6) is 1.70. The molecule has 3 heteroatoms. The SMILES string of the molecule is COc1ccc([C@@H]2Cc3cc(OC)ccc3C2=O)cc1. The van der Waals surface area contributed by atoms with Gasteiger partial charge in [0.1, 0.15) is 11.5 Å². The van der Waals surface area contributed by atoms with Crippen LogP contribution in [-0.2, 0) is 6.42 Å². The van der Waals surface area contributed by atoms with Gasteiger partial charge in [0, 0.05) is 5.56 Å². The van der Waals surface area contributed by atoms with Crippen LogP contribution in [0.1, 0.15) is 27.4 Å². The van der Waals surface area contributed by atoms with Gasteiger partial charge in [-0.2, -0.15) is 0 Å². The molecule has 3 nitrogen and oxygen atoms in total. The molecule has 0 amide bonds. The summed E-state index contributed by atoms with van der Waals surface area (Å²) in [5.41, 5.74) is 2.91. The second-order valence-corrected chi connectivity index (χ2v) is 4.92. The van der Waals surface area contributed by atoms with Crippen molar-refractivity contribution in [3.05, 3.63) is 59.2 Å². The maximum Gasteiger partial charge on any atom is 0.170 e. The first-order chi connectivity index (χ1) is 9.72. The molecule has 1 aliphatic rings. The van der Waals surface area contributed by atoms with Crippen LogP contribution >= 0.6 is 0 Å². The molecule has 1 aliphatic carbocycles. The van der Waals surface area contributed by atoms with Crippen LogP contribution in [0, 0.1) is 0 Å². The molecule has 0 saturated carbocycles. The molecule has 0 bridgehead atoms. The van der Waals surface area contributed by atoms with Gasteiger partial charge in [-0.05, 0) is 47.9 Å². The third-order valence-electron chi connectivity index (χ3n) is 3.84. The zero-order valence-corrected chi connectivity index (χ0v) is 11.6. The molecule has 20 heavy (non-hydrogen) atoms. The summed E-state index contributed by atoms with van der Waals surface area (Å²) in [4.78, 5) is 12.5. The molecule has 2 aromatic carbocycles. The van der Waals surface area contributed by atoms with Crippen LogP contribution in [0.5, 0.6) is 11.5 Å². The van der Waals surface area contributed by atoms with Gasteiger partial charge in [-0.15, -0.1) is 0 Å². The van der Waals surface area contributed by atoms with Gasteiger partial charge in [0.15, 0.2) is 5.78 Å². The standard InChI is InChI=1S/C17H16O3/c1-19-13-5-3-11(4-6-13)16-10-12-9-14(20-2)7-8-15(12)17(16)18/h3-9,16H,10H2,1-2H3/t16-/m0/s1. The van der Waals surface area contributed by atoms with Gasteiger partial charge in [-0.25, -0.2) is 0 Å². The minimum Gasteiger partial charge on any atom is -0.497 e. The normalized spacial score (nSPS) is 16.9. The molecule has 102 valence electrons. The Morgan fingerprint density at radius 1 is 0.950 bits per heavy atom.